The van der Waals surface area contributed by atoms with Gasteiger partial charge in [0.1, 0.15) is 23.8 Å². The number of imidazole rings is 1. The molecule has 1 amide bonds. The first kappa shape index (κ1) is 33.6. The summed E-state index contributed by atoms with van der Waals surface area (Å²) in [4.78, 5) is 25.4. The zero-order valence-electron chi connectivity index (χ0n) is 28.0. The van der Waals surface area contributed by atoms with Gasteiger partial charge >= 0.3 is 0 Å². The van der Waals surface area contributed by atoms with E-state index in [1.807, 2.05) is 24.3 Å². The third kappa shape index (κ3) is 6.90. The fourth-order valence-corrected chi connectivity index (χ4v) is 7.21. The van der Waals surface area contributed by atoms with E-state index in [0.29, 0.717) is 53.3 Å². The summed E-state index contributed by atoms with van der Waals surface area (Å²) in [5.74, 6) is 0.191. The molecule has 2 aliphatic rings. The van der Waals surface area contributed by atoms with Crippen LogP contribution in [0.25, 0.3) is 21.9 Å². The Morgan fingerprint density at radius 1 is 1.10 bits per heavy atom. The molecule has 0 saturated carbocycles. The van der Waals surface area contributed by atoms with Gasteiger partial charge in [0.2, 0.25) is 5.88 Å². The molecule has 8 rings (SSSR count). The molecule has 0 bridgehead atoms. The smallest absolute Gasteiger partial charge is 0.255 e. The molecule has 2 fully saturated rings. The molecule has 52 heavy (non-hydrogen) atoms. The number of fused-ring (bicyclic) bond motifs is 2. The normalized spacial score (nSPS) is 18.0. The van der Waals surface area contributed by atoms with Crippen molar-refractivity contribution in [3.63, 3.8) is 0 Å². The van der Waals surface area contributed by atoms with E-state index in [0.717, 1.165) is 49.4 Å². The Labute approximate surface area is 301 Å². The quantitative estimate of drug-likeness (QED) is 0.166. The number of aromatic amines is 1. The molecule has 3 radical (unpaired) electrons. The molecule has 0 aliphatic carbocycles. The Hall–Kier alpha value is -5.49. The van der Waals surface area contributed by atoms with E-state index in [9.17, 15) is 13.6 Å². The highest BCUT2D eigenvalue weighted by atomic mass is 28.1. The number of anilines is 1. The Morgan fingerprint density at radius 2 is 1.94 bits per heavy atom. The lowest BCUT2D eigenvalue weighted by Crippen LogP contribution is -2.48. The summed E-state index contributed by atoms with van der Waals surface area (Å²) in [6.45, 7) is 3.53. The number of carbonyl (C=O) groups is 1. The van der Waals surface area contributed by atoms with Gasteiger partial charge in [-0.3, -0.25) is 14.8 Å². The van der Waals surface area contributed by atoms with Gasteiger partial charge in [-0.1, -0.05) is 12.1 Å². The molecule has 3 aromatic heterocycles. The van der Waals surface area contributed by atoms with Crippen molar-refractivity contribution in [2.24, 2.45) is 0 Å². The van der Waals surface area contributed by atoms with E-state index < -0.39 is 16.9 Å². The van der Waals surface area contributed by atoms with Crippen LogP contribution in [0.5, 0.6) is 5.88 Å². The number of nitrogens with one attached hydrogen (secondary N) is 2. The number of aromatic nitrogens is 5. The number of pyridine rings is 1. The topological polar surface area (TPSA) is 134 Å². The number of H-pyrrole nitrogens is 1. The van der Waals surface area contributed by atoms with Crippen molar-refractivity contribution in [3.8, 4) is 11.9 Å². The first-order valence-corrected chi connectivity index (χ1v) is 17.6. The fourth-order valence-electron chi connectivity index (χ4n) is 6.85. The number of benzene rings is 3. The highest BCUT2D eigenvalue weighted by Crippen LogP contribution is 2.32. The highest BCUT2D eigenvalue weighted by molar-refractivity contribution is 6.15. The maximum absolute atomic E-state index is 14.5. The molecule has 6 aromatic rings. The maximum Gasteiger partial charge on any atom is 0.255 e. The number of piperidine rings is 1. The number of nitrogens with zero attached hydrogens (tertiary/aromatic N) is 6. The van der Waals surface area contributed by atoms with Crippen LogP contribution in [0.3, 0.4) is 0 Å². The van der Waals surface area contributed by atoms with Gasteiger partial charge < -0.3 is 19.4 Å². The average Bonchev–Trinajstić information content (AvgIpc) is 3.75. The van der Waals surface area contributed by atoms with E-state index in [4.69, 9.17) is 24.7 Å². The van der Waals surface area contributed by atoms with E-state index in [2.05, 4.69) is 35.2 Å². The van der Waals surface area contributed by atoms with Gasteiger partial charge in [0, 0.05) is 53.0 Å². The van der Waals surface area contributed by atoms with Gasteiger partial charge in [-0.2, -0.15) is 10.4 Å². The van der Waals surface area contributed by atoms with Crippen LogP contribution in [0, 0.1) is 23.0 Å². The predicted molar refractivity (Wildman–Crippen MR) is 190 cm³/mol. The molecule has 1 atom stereocenters. The van der Waals surface area contributed by atoms with Crippen molar-refractivity contribution in [3.05, 3.63) is 113 Å². The molecule has 11 nitrogen and oxygen atoms in total. The lowest BCUT2D eigenvalue weighted by atomic mass is 9.93. The molecule has 261 valence electrons. The molecule has 2 saturated heterocycles. The number of hydrogen-bond donors (Lipinski definition) is 2. The number of nitriles is 1. The number of carbonyl (C=O) groups excluding carboxylic acids is 1. The fraction of sp³-hybridized carbons (Fsp3) is 0.289. The molecule has 0 spiro atoms. The molecule has 2 aliphatic heterocycles. The summed E-state index contributed by atoms with van der Waals surface area (Å²) < 4.78 is 42.7. The second kappa shape index (κ2) is 13.9. The van der Waals surface area contributed by atoms with E-state index in [1.54, 1.807) is 36.4 Å². The molecule has 5 heterocycles. The number of amides is 1. The predicted octanol–water partition coefficient (Wildman–Crippen LogP) is 5.95. The van der Waals surface area contributed by atoms with Crippen molar-refractivity contribution >= 4 is 43.8 Å². The van der Waals surface area contributed by atoms with Crippen LogP contribution in [0.2, 0.25) is 0 Å². The summed E-state index contributed by atoms with van der Waals surface area (Å²) in [7, 11) is 3.83. The second-order valence-corrected chi connectivity index (χ2v) is 14.2. The SMILES string of the molecule is N#Cc1ccc(COc2cccc(C3CCN(Cc4nc5cc(C(=O)Nc6cc(F)c7[nH]ncc7c6)ccc5n4CC4([Si])CCO4)CC3)n2)c(F)c1. The van der Waals surface area contributed by atoms with Gasteiger partial charge in [-0.05, 0) is 80.9 Å². The summed E-state index contributed by atoms with van der Waals surface area (Å²) in [6.07, 6.45) is 4.16. The van der Waals surface area contributed by atoms with Gasteiger partial charge in [-0.15, -0.1) is 0 Å². The zero-order chi connectivity index (χ0) is 35.8. The van der Waals surface area contributed by atoms with Crippen LogP contribution in [0.4, 0.5) is 14.5 Å². The maximum atomic E-state index is 14.5. The highest BCUT2D eigenvalue weighted by Gasteiger charge is 2.35. The first-order chi connectivity index (χ1) is 25.2. The summed E-state index contributed by atoms with van der Waals surface area (Å²) >= 11 is 0. The monoisotopic (exact) mass is 715 g/mol. The molecule has 14 heteroatoms. The molecular formula is C38H33F2N8O3Si. The Morgan fingerprint density at radius 3 is 2.71 bits per heavy atom. The minimum atomic E-state index is -0.498. The van der Waals surface area contributed by atoms with Crippen molar-refractivity contribution in [2.75, 3.05) is 25.0 Å². The van der Waals surface area contributed by atoms with Crippen LogP contribution in [0.15, 0.2) is 72.9 Å². The van der Waals surface area contributed by atoms with Crippen molar-refractivity contribution < 1.29 is 23.0 Å². The third-order valence-electron chi connectivity index (χ3n) is 9.82. The van der Waals surface area contributed by atoms with Crippen molar-refractivity contribution in [1.82, 2.24) is 29.6 Å². The number of hydrogen-bond acceptors (Lipinski definition) is 8. The van der Waals surface area contributed by atoms with Gasteiger partial charge in [0.05, 0.1) is 50.9 Å². The Bertz CT molecular complexity index is 2340. The van der Waals surface area contributed by atoms with Crippen molar-refractivity contribution in [2.45, 2.75) is 50.1 Å². The Balaban J connectivity index is 0.949. The minimum absolute atomic E-state index is 0.0163. The number of rotatable bonds is 10. The van der Waals surface area contributed by atoms with Gasteiger partial charge in [0.25, 0.3) is 5.91 Å². The number of halogens is 2. The number of likely N-dealkylation sites (tertiary alicyclic amines) is 1. The van der Waals surface area contributed by atoms with E-state index in [-0.39, 0.29) is 29.5 Å². The van der Waals surface area contributed by atoms with Crippen molar-refractivity contribution in [1.29, 1.82) is 5.26 Å². The van der Waals surface area contributed by atoms with Crippen LogP contribution in [-0.4, -0.2) is 70.7 Å². The second-order valence-electron chi connectivity index (χ2n) is 13.3. The summed E-state index contributed by atoms with van der Waals surface area (Å²) in [5, 5.41) is 18.4. The molecule has 2 N–H and O–H groups in total. The van der Waals surface area contributed by atoms with E-state index >= 15 is 0 Å². The van der Waals surface area contributed by atoms with Gasteiger partial charge in [-0.25, -0.2) is 18.7 Å². The minimum Gasteiger partial charge on any atom is -0.473 e. The Kier molecular flexibility index (Phi) is 9.00. The lowest BCUT2D eigenvalue weighted by Gasteiger charge is -2.39. The number of ether oxygens (including phenoxy) is 2. The average molecular weight is 716 g/mol. The van der Waals surface area contributed by atoms with Crippen LogP contribution in [0.1, 0.15) is 58.2 Å². The van der Waals surface area contributed by atoms with E-state index in [1.165, 1.54) is 18.3 Å². The largest absolute Gasteiger partial charge is 0.473 e. The standard InChI is InChI=1S/C38H33F2N8O3Si/c39-29-14-23(18-41)4-5-26(29)21-50-35-3-1-2-31(45-35)24-8-11-47(12-9-24)20-34-44-32-16-25(6-7-33(32)48(34)22-38(52)10-13-51-38)37(49)43-28-15-27-19-42-46-36(27)30(40)17-28/h1-7,14-17,19,24H,8-13,20-22H2,(H,42,46)(H,43,49). The van der Waals surface area contributed by atoms with Crippen LogP contribution < -0.4 is 10.1 Å². The molecule has 3 aromatic carbocycles. The third-order valence-corrected chi connectivity index (χ3v) is 10.4. The summed E-state index contributed by atoms with van der Waals surface area (Å²) in [5.41, 5.74) is 4.17. The first-order valence-electron chi connectivity index (χ1n) is 17.1. The zero-order valence-corrected chi connectivity index (χ0v) is 29.0. The van der Waals surface area contributed by atoms with Crippen LogP contribution >= 0.6 is 0 Å². The van der Waals surface area contributed by atoms with Gasteiger partial charge in [0.15, 0.2) is 5.82 Å². The lowest BCUT2D eigenvalue weighted by molar-refractivity contribution is -0.0947. The molecule has 1 unspecified atom stereocenters. The molecular weight excluding hydrogens is 683 g/mol. The van der Waals surface area contributed by atoms with Crippen LogP contribution in [-0.2, 0) is 24.4 Å². The summed E-state index contributed by atoms with van der Waals surface area (Å²) in [6, 6.07) is 20.3.